The van der Waals surface area contributed by atoms with Crippen LogP contribution in [-0.4, -0.2) is 77.0 Å². The number of fused-ring (bicyclic) bond motifs is 1. The molecule has 188 valence electrons. The van der Waals surface area contributed by atoms with Crippen molar-refractivity contribution in [1.82, 2.24) is 24.8 Å². The molecule has 1 aromatic carbocycles. The Kier molecular flexibility index (Phi) is 7.55. The Labute approximate surface area is 213 Å². The van der Waals surface area contributed by atoms with E-state index in [1.807, 2.05) is 29.6 Å². The number of halogens is 1. The second-order valence-corrected chi connectivity index (χ2v) is 9.87. The highest BCUT2D eigenvalue weighted by Crippen LogP contribution is 2.30. The van der Waals surface area contributed by atoms with Crippen LogP contribution < -0.4 is 10.1 Å². The van der Waals surface area contributed by atoms with Crippen LogP contribution in [0.15, 0.2) is 48.1 Å². The topological polar surface area (TPSA) is 86.4 Å². The molecule has 1 saturated heterocycles. The van der Waals surface area contributed by atoms with Crippen LogP contribution in [0.1, 0.15) is 12.0 Å². The number of nitrogens with one attached hydrogen (secondary N) is 2. The maximum absolute atomic E-state index is 13.6. The second-order valence-electron chi connectivity index (χ2n) is 9.01. The molecule has 1 fully saturated rings. The molecular weight excluding hydrogens is 479 g/mol. The number of benzene rings is 1. The minimum absolute atomic E-state index is 0.158. The van der Waals surface area contributed by atoms with Crippen LogP contribution >= 0.6 is 11.3 Å². The van der Waals surface area contributed by atoms with Gasteiger partial charge in [0.15, 0.2) is 5.13 Å². The number of hydrogen-bond acceptors (Lipinski definition) is 7. The summed E-state index contributed by atoms with van der Waals surface area (Å²) >= 11 is 1.33. The normalized spacial score (nSPS) is 14.8. The highest BCUT2D eigenvalue weighted by Gasteiger charge is 2.14. The number of aromatic amines is 1. The number of carbonyl (C=O) groups is 1. The molecule has 10 heteroatoms. The smallest absolute Gasteiger partial charge is 0.230 e. The van der Waals surface area contributed by atoms with E-state index in [2.05, 4.69) is 37.1 Å². The molecule has 5 rings (SSSR count). The lowest BCUT2D eigenvalue weighted by Crippen LogP contribution is -2.44. The van der Waals surface area contributed by atoms with Crippen LogP contribution in [-0.2, 0) is 11.2 Å². The molecule has 4 aromatic rings. The zero-order valence-electron chi connectivity index (χ0n) is 20.2. The number of pyridine rings is 1. The highest BCUT2D eigenvalue weighted by atomic mass is 32.1. The molecular formula is C26H29FN6O2S. The van der Waals surface area contributed by atoms with Gasteiger partial charge in [-0.05, 0) is 37.2 Å². The fraction of sp³-hybridized carbons (Fsp3) is 0.346. The average molecular weight is 509 g/mol. The van der Waals surface area contributed by atoms with Gasteiger partial charge in [-0.1, -0.05) is 12.1 Å². The van der Waals surface area contributed by atoms with Crippen molar-refractivity contribution in [3.05, 3.63) is 59.5 Å². The molecule has 0 radical (unpaired) electrons. The van der Waals surface area contributed by atoms with Crippen LogP contribution in [0.25, 0.3) is 22.3 Å². The molecule has 1 aliphatic rings. The minimum atomic E-state index is -0.409. The van der Waals surface area contributed by atoms with Crippen molar-refractivity contribution in [2.24, 2.45) is 0 Å². The quantitative estimate of drug-likeness (QED) is 0.332. The Morgan fingerprint density at radius 2 is 2.11 bits per heavy atom. The largest absolute Gasteiger partial charge is 0.494 e. The van der Waals surface area contributed by atoms with Gasteiger partial charge in [0.05, 0.1) is 24.9 Å². The number of likely N-dealkylation sites (N-methyl/N-ethyl adjacent to an activating group) is 1. The number of carbonyl (C=O) groups excluding carboxylic acids is 1. The number of piperazine rings is 1. The van der Waals surface area contributed by atoms with E-state index in [1.54, 1.807) is 6.20 Å². The monoisotopic (exact) mass is 508 g/mol. The number of amides is 1. The highest BCUT2D eigenvalue weighted by molar-refractivity contribution is 7.14. The van der Waals surface area contributed by atoms with Gasteiger partial charge in [0, 0.05) is 55.3 Å². The number of rotatable bonds is 9. The van der Waals surface area contributed by atoms with Crippen LogP contribution in [0.4, 0.5) is 9.52 Å². The van der Waals surface area contributed by atoms with E-state index in [1.165, 1.54) is 23.6 Å². The summed E-state index contributed by atoms with van der Waals surface area (Å²) in [6.45, 7) is 6.15. The summed E-state index contributed by atoms with van der Waals surface area (Å²) in [7, 11) is 2.16. The summed E-state index contributed by atoms with van der Waals surface area (Å²) in [5, 5.41) is 5.84. The maximum atomic E-state index is 13.6. The molecule has 0 bridgehead atoms. The average Bonchev–Trinajstić information content (AvgIpc) is 3.49. The number of nitrogens with zero attached hydrogens (tertiary/aromatic N) is 4. The SMILES string of the molecule is CN1CCN(CCCOc2cccc(CC(=O)Nc3nc(-c4c[nH]c5ncc(F)cc45)cs3)c2)CC1. The van der Waals surface area contributed by atoms with E-state index in [0.717, 1.165) is 56.0 Å². The summed E-state index contributed by atoms with van der Waals surface area (Å²) in [5.41, 5.74) is 2.86. The van der Waals surface area contributed by atoms with Gasteiger partial charge in [-0.3, -0.25) is 4.79 Å². The first-order valence-corrected chi connectivity index (χ1v) is 12.9. The fourth-order valence-corrected chi connectivity index (χ4v) is 5.02. The van der Waals surface area contributed by atoms with E-state index < -0.39 is 5.82 Å². The number of anilines is 1. The Hall–Kier alpha value is -3.34. The van der Waals surface area contributed by atoms with Crippen LogP contribution in [0.3, 0.4) is 0 Å². The minimum Gasteiger partial charge on any atom is -0.494 e. The van der Waals surface area contributed by atoms with E-state index in [0.29, 0.717) is 28.5 Å². The first-order chi connectivity index (χ1) is 17.5. The van der Waals surface area contributed by atoms with Crippen molar-refractivity contribution >= 4 is 33.4 Å². The van der Waals surface area contributed by atoms with Crippen LogP contribution in [0.5, 0.6) is 5.75 Å². The molecule has 0 atom stereocenters. The lowest BCUT2D eigenvalue weighted by Gasteiger charge is -2.32. The van der Waals surface area contributed by atoms with E-state index >= 15 is 0 Å². The summed E-state index contributed by atoms with van der Waals surface area (Å²) in [6.07, 6.45) is 4.11. The van der Waals surface area contributed by atoms with Gasteiger partial charge < -0.3 is 24.8 Å². The third-order valence-electron chi connectivity index (χ3n) is 6.27. The number of hydrogen-bond donors (Lipinski definition) is 2. The summed E-state index contributed by atoms with van der Waals surface area (Å²) in [5.74, 6) is 0.207. The molecule has 2 N–H and O–H groups in total. The third kappa shape index (κ3) is 6.07. The van der Waals surface area contributed by atoms with E-state index in [9.17, 15) is 9.18 Å². The molecule has 4 heterocycles. The number of ether oxygens (including phenoxy) is 1. The molecule has 1 amide bonds. The van der Waals surface area contributed by atoms with Gasteiger partial charge >= 0.3 is 0 Å². The van der Waals surface area contributed by atoms with Crippen molar-refractivity contribution in [2.45, 2.75) is 12.8 Å². The molecule has 3 aromatic heterocycles. The molecule has 1 aliphatic heterocycles. The first-order valence-electron chi connectivity index (χ1n) is 12.0. The standard InChI is InChI=1S/C26H29FN6O2S/c1-32-7-9-33(10-8-32)6-3-11-35-20-5-2-4-18(12-20)13-24(34)31-26-30-23(17-36-26)22-16-29-25-21(22)14-19(27)15-28-25/h2,4-5,12,14-17H,3,6-11,13H2,1H3,(H,28,29)(H,30,31,34). The molecule has 0 saturated carbocycles. The Morgan fingerprint density at radius 3 is 2.97 bits per heavy atom. The van der Waals surface area contributed by atoms with Crippen LogP contribution in [0.2, 0.25) is 0 Å². The van der Waals surface area contributed by atoms with Crippen molar-refractivity contribution in [3.63, 3.8) is 0 Å². The molecule has 8 nitrogen and oxygen atoms in total. The third-order valence-corrected chi connectivity index (χ3v) is 7.03. The lowest BCUT2D eigenvalue weighted by molar-refractivity contribution is -0.115. The summed E-state index contributed by atoms with van der Waals surface area (Å²) in [6, 6.07) is 9.08. The van der Waals surface area contributed by atoms with Crippen molar-refractivity contribution in [1.29, 1.82) is 0 Å². The van der Waals surface area contributed by atoms with Gasteiger partial charge in [-0.25, -0.2) is 14.4 Å². The lowest BCUT2D eigenvalue weighted by atomic mass is 10.1. The van der Waals surface area contributed by atoms with E-state index in [4.69, 9.17) is 4.74 Å². The van der Waals surface area contributed by atoms with Gasteiger partial charge in [0.2, 0.25) is 5.91 Å². The predicted octanol–water partition coefficient (Wildman–Crippen LogP) is 4.02. The zero-order valence-corrected chi connectivity index (χ0v) is 21.0. The Bertz CT molecular complexity index is 1330. The molecule has 0 unspecified atom stereocenters. The van der Waals surface area contributed by atoms with Gasteiger partial charge in [0.25, 0.3) is 0 Å². The molecule has 36 heavy (non-hydrogen) atoms. The number of aromatic nitrogens is 3. The second kappa shape index (κ2) is 11.2. The summed E-state index contributed by atoms with van der Waals surface area (Å²) < 4.78 is 19.6. The molecule has 0 aliphatic carbocycles. The summed E-state index contributed by atoms with van der Waals surface area (Å²) in [4.78, 5) is 29.0. The fourth-order valence-electron chi connectivity index (χ4n) is 4.29. The van der Waals surface area contributed by atoms with Crippen molar-refractivity contribution in [2.75, 3.05) is 51.7 Å². The van der Waals surface area contributed by atoms with Gasteiger partial charge in [-0.2, -0.15) is 0 Å². The van der Waals surface area contributed by atoms with Gasteiger partial charge in [-0.15, -0.1) is 11.3 Å². The zero-order chi connectivity index (χ0) is 24.9. The molecule has 0 spiro atoms. The van der Waals surface area contributed by atoms with Crippen molar-refractivity contribution in [3.8, 4) is 17.0 Å². The predicted molar refractivity (Wildman–Crippen MR) is 140 cm³/mol. The number of thiazole rings is 1. The Morgan fingerprint density at radius 1 is 1.25 bits per heavy atom. The van der Waals surface area contributed by atoms with Crippen molar-refractivity contribution < 1.29 is 13.9 Å². The van der Waals surface area contributed by atoms with E-state index in [-0.39, 0.29) is 12.3 Å². The van der Waals surface area contributed by atoms with Gasteiger partial charge in [0.1, 0.15) is 17.2 Å². The first kappa shape index (κ1) is 24.4. The van der Waals surface area contributed by atoms with Crippen LogP contribution in [0, 0.1) is 5.82 Å². The number of H-pyrrole nitrogens is 1. The maximum Gasteiger partial charge on any atom is 0.230 e. The Balaban J connectivity index is 1.12.